The van der Waals surface area contributed by atoms with Crippen molar-refractivity contribution in [2.45, 2.75) is 26.8 Å². The van der Waals surface area contributed by atoms with Gasteiger partial charge >= 0.3 is 0 Å². The number of hydrogen-bond acceptors (Lipinski definition) is 7. The maximum Gasteiger partial charge on any atom is 0.226 e. The van der Waals surface area contributed by atoms with Gasteiger partial charge in [0.2, 0.25) is 5.89 Å². The minimum absolute atomic E-state index is 0.279. The summed E-state index contributed by atoms with van der Waals surface area (Å²) in [5, 5.41) is 12.9. The summed E-state index contributed by atoms with van der Waals surface area (Å²) in [7, 11) is 1.81. The minimum atomic E-state index is 0.279. The van der Waals surface area contributed by atoms with Crippen molar-refractivity contribution in [1.82, 2.24) is 20.1 Å². The van der Waals surface area contributed by atoms with E-state index in [2.05, 4.69) is 34.0 Å². The second-order valence-electron chi connectivity index (χ2n) is 4.90. The zero-order valence-corrected chi connectivity index (χ0v) is 11.7. The molecule has 0 fully saturated rings. The summed E-state index contributed by atoms with van der Waals surface area (Å²) < 4.78 is 5.18. The van der Waals surface area contributed by atoms with E-state index in [1.807, 2.05) is 13.1 Å². The number of nitrogens with zero attached hydrogens (tertiary/aromatic N) is 6. The molecule has 0 bridgehead atoms. The van der Waals surface area contributed by atoms with E-state index in [1.165, 1.54) is 6.20 Å². The van der Waals surface area contributed by atoms with Crippen molar-refractivity contribution in [2.75, 3.05) is 11.9 Å². The van der Waals surface area contributed by atoms with Crippen molar-refractivity contribution in [1.29, 1.82) is 5.26 Å². The summed E-state index contributed by atoms with van der Waals surface area (Å²) in [6.07, 6.45) is 3.80. The molecule has 0 aliphatic carbocycles. The molecule has 0 N–H and O–H groups in total. The Hall–Kier alpha value is -2.49. The minimum Gasteiger partial charge on any atom is -0.350 e. The predicted octanol–water partition coefficient (Wildman–Crippen LogP) is 1.57. The number of hydrogen-bond donors (Lipinski definition) is 0. The van der Waals surface area contributed by atoms with E-state index in [9.17, 15) is 0 Å². The Morgan fingerprint density at radius 2 is 2.10 bits per heavy atom. The van der Waals surface area contributed by atoms with Gasteiger partial charge in [-0.2, -0.15) is 10.2 Å². The number of nitriles is 1. The maximum absolute atomic E-state index is 9.01. The van der Waals surface area contributed by atoms with Gasteiger partial charge in [-0.05, 0) is 5.92 Å². The highest BCUT2D eigenvalue weighted by atomic mass is 16.5. The first-order chi connectivity index (χ1) is 9.60. The molecular weight excluding hydrogens is 256 g/mol. The molecule has 2 aromatic heterocycles. The number of aromatic nitrogens is 4. The molecule has 0 amide bonds. The van der Waals surface area contributed by atoms with Gasteiger partial charge in [0.1, 0.15) is 6.07 Å². The normalized spacial score (nSPS) is 10.6. The van der Waals surface area contributed by atoms with E-state index in [0.717, 1.165) is 6.42 Å². The van der Waals surface area contributed by atoms with E-state index in [-0.39, 0.29) is 5.69 Å². The molecule has 7 nitrogen and oxygen atoms in total. The van der Waals surface area contributed by atoms with Crippen molar-refractivity contribution in [3.05, 3.63) is 29.8 Å². The first kappa shape index (κ1) is 13.9. The van der Waals surface area contributed by atoms with Gasteiger partial charge in [0.05, 0.1) is 6.54 Å². The highest BCUT2D eigenvalue weighted by Gasteiger charge is 2.14. The third kappa shape index (κ3) is 3.29. The second-order valence-corrected chi connectivity index (χ2v) is 4.90. The summed E-state index contributed by atoms with van der Waals surface area (Å²) in [4.78, 5) is 14.2. The Morgan fingerprint density at radius 1 is 1.35 bits per heavy atom. The second kappa shape index (κ2) is 6.10. The fourth-order valence-electron chi connectivity index (χ4n) is 1.76. The van der Waals surface area contributed by atoms with Crippen LogP contribution in [0.25, 0.3) is 0 Å². The Kier molecular flexibility index (Phi) is 4.25. The Balaban J connectivity index is 2.10. The molecule has 0 spiro atoms. The van der Waals surface area contributed by atoms with E-state index in [1.54, 1.807) is 11.1 Å². The lowest BCUT2D eigenvalue weighted by Crippen LogP contribution is -2.20. The zero-order valence-electron chi connectivity index (χ0n) is 11.7. The smallest absolute Gasteiger partial charge is 0.226 e. The van der Waals surface area contributed by atoms with Crippen molar-refractivity contribution in [3.8, 4) is 6.07 Å². The largest absolute Gasteiger partial charge is 0.350 e. The van der Waals surface area contributed by atoms with Crippen LogP contribution >= 0.6 is 0 Å². The summed E-state index contributed by atoms with van der Waals surface area (Å²) in [6, 6.07) is 2.01. The molecule has 0 saturated heterocycles. The van der Waals surface area contributed by atoms with Crippen LogP contribution in [-0.2, 0) is 13.0 Å². The molecule has 0 aliphatic rings. The Labute approximate surface area is 117 Å². The first-order valence-electron chi connectivity index (χ1n) is 6.34. The lowest BCUT2D eigenvalue weighted by atomic mass is 10.1. The fourth-order valence-corrected chi connectivity index (χ4v) is 1.76. The van der Waals surface area contributed by atoms with Gasteiger partial charge in [0.25, 0.3) is 0 Å². The lowest BCUT2D eigenvalue weighted by Gasteiger charge is -2.15. The van der Waals surface area contributed by atoms with Gasteiger partial charge < -0.3 is 9.42 Å². The van der Waals surface area contributed by atoms with Crippen molar-refractivity contribution in [2.24, 2.45) is 5.92 Å². The Bertz CT molecular complexity index is 615. The van der Waals surface area contributed by atoms with Crippen LogP contribution in [0.15, 0.2) is 16.9 Å². The highest BCUT2D eigenvalue weighted by Crippen LogP contribution is 2.14. The van der Waals surface area contributed by atoms with Crippen LogP contribution in [0.1, 0.15) is 31.3 Å². The van der Waals surface area contributed by atoms with Crippen LogP contribution in [0.3, 0.4) is 0 Å². The van der Waals surface area contributed by atoms with Gasteiger partial charge in [-0.1, -0.05) is 19.0 Å². The van der Waals surface area contributed by atoms with E-state index >= 15 is 0 Å². The van der Waals surface area contributed by atoms with E-state index in [0.29, 0.717) is 30.0 Å². The molecule has 0 aliphatic heterocycles. The predicted molar refractivity (Wildman–Crippen MR) is 71.7 cm³/mol. The molecule has 2 rings (SSSR count). The molecule has 0 atom stereocenters. The first-order valence-corrected chi connectivity index (χ1v) is 6.34. The summed E-state index contributed by atoms with van der Waals surface area (Å²) in [5.74, 6) is 2.16. The topological polar surface area (TPSA) is 91.7 Å². The third-order valence-electron chi connectivity index (χ3n) is 2.62. The van der Waals surface area contributed by atoms with Crippen molar-refractivity contribution >= 4 is 5.82 Å². The Morgan fingerprint density at radius 3 is 2.80 bits per heavy atom. The average Bonchev–Trinajstić information content (AvgIpc) is 2.85. The van der Waals surface area contributed by atoms with Crippen LogP contribution in [-0.4, -0.2) is 27.2 Å². The van der Waals surface area contributed by atoms with E-state index < -0.39 is 0 Å². The van der Waals surface area contributed by atoms with Crippen LogP contribution in [0.2, 0.25) is 0 Å². The van der Waals surface area contributed by atoms with Gasteiger partial charge in [-0.15, -0.1) is 0 Å². The standard InChI is InChI=1S/C13H16N6O/c1-9(2)6-12-17-11(18-20-12)8-19(3)13-10(7-14)15-4-5-16-13/h4-5,9H,6,8H2,1-3H3. The molecule has 0 saturated carbocycles. The molecule has 0 unspecified atom stereocenters. The average molecular weight is 272 g/mol. The maximum atomic E-state index is 9.01. The molecule has 0 radical (unpaired) electrons. The molecule has 2 heterocycles. The monoisotopic (exact) mass is 272 g/mol. The SMILES string of the molecule is CC(C)Cc1nc(CN(C)c2nccnc2C#N)no1. The van der Waals surface area contributed by atoms with Gasteiger partial charge in [0, 0.05) is 25.9 Å². The van der Waals surface area contributed by atoms with Crippen molar-refractivity contribution < 1.29 is 4.52 Å². The van der Waals surface area contributed by atoms with Crippen LogP contribution < -0.4 is 4.90 Å². The number of anilines is 1. The molecule has 20 heavy (non-hydrogen) atoms. The van der Waals surface area contributed by atoms with Crippen molar-refractivity contribution in [3.63, 3.8) is 0 Å². The summed E-state index contributed by atoms with van der Waals surface area (Å²) in [5.41, 5.74) is 0.279. The lowest BCUT2D eigenvalue weighted by molar-refractivity contribution is 0.358. The van der Waals surface area contributed by atoms with Crippen LogP contribution in [0.4, 0.5) is 5.82 Å². The molecule has 7 heteroatoms. The van der Waals surface area contributed by atoms with Gasteiger partial charge in [-0.25, -0.2) is 9.97 Å². The summed E-state index contributed by atoms with van der Waals surface area (Å²) >= 11 is 0. The van der Waals surface area contributed by atoms with E-state index in [4.69, 9.17) is 9.78 Å². The fraction of sp³-hybridized carbons (Fsp3) is 0.462. The number of rotatable bonds is 5. The van der Waals surface area contributed by atoms with Gasteiger partial charge in [0.15, 0.2) is 17.3 Å². The third-order valence-corrected chi connectivity index (χ3v) is 2.62. The molecule has 2 aromatic rings. The molecule has 104 valence electrons. The van der Waals surface area contributed by atoms with Crippen LogP contribution in [0.5, 0.6) is 0 Å². The molecule has 0 aromatic carbocycles. The quantitative estimate of drug-likeness (QED) is 0.815. The highest BCUT2D eigenvalue weighted by molar-refractivity contribution is 5.48. The molecular formula is C13H16N6O. The van der Waals surface area contributed by atoms with Gasteiger partial charge in [-0.3, -0.25) is 0 Å². The van der Waals surface area contributed by atoms with Crippen LogP contribution in [0, 0.1) is 17.2 Å². The zero-order chi connectivity index (χ0) is 14.5. The summed E-state index contributed by atoms with van der Waals surface area (Å²) in [6.45, 7) is 4.60.